The molecule has 3 rings (SSSR count). The summed E-state index contributed by atoms with van der Waals surface area (Å²) >= 11 is 5.92. The molecule has 0 atom stereocenters. The maximum absolute atomic E-state index is 12.1. The highest BCUT2D eigenvalue weighted by Crippen LogP contribution is 2.25. The topological polar surface area (TPSA) is 52.1 Å². The van der Waals surface area contributed by atoms with Crippen LogP contribution in [0.1, 0.15) is 21.5 Å². The number of carbonyl (C=O) groups excluding carboxylic acids is 1. The first kappa shape index (κ1) is 18.6. The van der Waals surface area contributed by atoms with Crippen LogP contribution in [0.15, 0.2) is 67.3 Å². The monoisotopic (exact) mass is 354 g/mol. The maximum Gasteiger partial charge on any atom is 0.167 e. The number of benzene rings is 1. The van der Waals surface area contributed by atoms with Gasteiger partial charge in [0.05, 0.1) is 12.1 Å². The molecule has 2 aromatic heterocycles. The third-order valence-corrected chi connectivity index (χ3v) is 3.75. The minimum atomic E-state index is 0.0242. The SMILES string of the molecule is COc1cc(C(=O)Cc2ccncc2)ccc1Cl.Cc1ccncc1. The number of hydrogen-bond donors (Lipinski definition) is 0. The van der Waals surface area contributed by atoms with Crippen molar-refractivity contribution in [1.82, 2.24) is 9.97 Å². The predicted molar refractivity (Wildman–Crippen MR) is 99.2 cm³/mol. The summed E-state index contributed by atoms with van der Waals surface area (Å²) in [6, 6.07) is 12.6. The third-order valence-electron chi connectivity index (χ3n) is 3.43. The standard InChI is InChI=1S/C14H12ClNO2.C6H7N/c1-18-14-9-11(2-3-12(14)15)13(17)8-10-4-6-16-7-5-10;1-6-2-4-7-5-3-6/h2-7,9H,8H2,1H3;2-5H,1H3. The van der Waals surface area contributed by atoms with E-state index >= 15 is 0 Å². The summed E-state index contributed by atoms with van der Waals surface area (Å²) in [7, 11) is 1.53. The van der Waals surface area contributed by atoms with Crippen LogP contribution in [0.4, 0.5) is 0 Å². The summed E-state index contributed by atoms with van der Waals surface area (Å²) in [5.74, 6) is 0.536. The van der Waals surface area contributed by atoms with Crippen LogP contribution in [0.25, 0.3) is 0 Å². The van der Waals surface area contributed by atoms with Gasteiger partial charge in [0.1, 0.15) is 5.75 Å². The number of methoxy groups -OCH3 is 1. The first-order chi connectivity index (χ1) is 12.1. The second-order valence-corrected chi connectivity index (χ2v) is 5.74. The second kappa shape index (κ2) is 9.55. The van der Waals surface area contributed by atoms with Crippen LogP contribution in [0.2, 0.25) is 5.02 Å². The van der Waals surface area contributed by atoms with E-state index in [1.807, 2.05) is 31.2 Å². The van der Waals surface area contributed by atoms with E-state index in [1.165, 1.54) is 12.7 Å². The lowest BCUT2D eigenvalue weighted by Crippen LogP contribution is -2.04. The Morgan fingerprint density at radius 1 is 1.00 bits per heavy atom. The molecular weight excluding hydrogens is 336 g/mol. The lowest BCUT2D eigenvalue weighted by molar-refractivity contribution is 0.0992. The molecule has 4 nitrogen and oxygen atoms in total. The van der Waals surface area contributed by atoms with Crippen LogP contribution in [-0.2, 0) is 6.42 Å². The zero-order chi connectivity index (χ0) is 18.1. The van der Waals surface area contributed by atoms with E-state index in [0.29, 0.717) is 22.8 Å². The van der Waals surface area contributed by atoms with Gasteiger partial charge in [-0.2, -0.15) is 0 Å². The Hall–Kier alpha value is -2.72. The summed E-state index contributed by atoms with van der Waals surface area (Å²) in [6.07, 6.45) is 7.26. The van der Waals surface area contributed by atoms with Gasteiger partial charge in [-0.1, -0.05) is 11.6 Å². The number of aromatic nitrogens is 2. The molecule has 0 aliphatic heterocycles. The molecule has 0 unspecified atom stereocenters. The molecule has 0 amide bonds. The fraction of sp³-hybridized carbons (Fsp3) is 0.150. The van der Waals surface area contributed by atoms with Crippen molar-refractivity contribution in [1.29, 1.82) is 0 Å². The highest BCUT2D eigenvalue weighted by Gasteiger charge is 2.10. The van der Waals surface area contributed by atoms with E-state index in [4.69, 9.17) is 16.3 Å². The van der Waals surface area contributed by atoms with Gasteiger partial charge in [-0.15, -0.1) is 0 Å². The van der Waals surface area contributed by atoms with Gasteiger partial charge in [-0.3, -0.25) is 14.8 Å². The van der Waals surface area contributed by atoms with Crippen molar-refractivity contribution >= 4 is 17.4 Å². The molecule has 128 valence electrons. The van der Waals surface area contributed by atoms with E-state index in [1.54, 1.807) is 43.0 Å². The van der Waals surface area contributed by atoms with Crippen molar-refractivity contribution in [2.75, 3.05) is 7.11 Å². The normalized spacial score (nSPS) is 9.72. The van der Waals surface area contributed by atoms with E-state index < -0.39 is 0 Å². The number of ether oxygens (including phenoxy) is 1. The number of nitrogens with zero attached hydrogens (tertiary/aromatic N) is 2. The number of pyridine rings is 2. The van der Waals surface area contributed by atoms with Gasteiger partial charge < -0.3 is 4.74 Å². The Kier molecular flexibility index (Phi) is 7.11. The van der Waals surface area contributed by atoms with Crippen molar-refractivity contribution in [2.45, 2.75) is 13.3 Å². The first-order valence-electron chi connectivity index (χ1n) is 7.72. The molecule has 0 fully saturated rings. The summed E-state index contributed by atoms with van der Waals surface area (Å²) < 4.78 is 5.09. The third kappa shape index (κ3) is 6.01. The zero-order valence-corrected chi connectivity index (χ0v) is 14.9. The molecule has 0 bridgehead atoms. The van der Waals surface area contributed by atoms with Crippen LogP contribution in [-0.4, -0.2) is 22.9 Å². The number of halogens is 1. The minimum Gasteiger partial charge on any atom is -0.495 e. The fourth-order valence-electron chi connectivity index (χ4n) is 2.05. The largest absolute Gasteiger partial charge is 0.495 e. The molecule has 3 aromatic rings. The molecule has 0 spiro atoms. The van der Waals surface area contributed by atoms with Crippen molar-refractivity contribution in [3.63, 3.8) is 0 Å². The Morgan fingerprint density at radius 3 is 2.12 bits per heavy atom. The van der Waals surface area contributed by atoms with Gasteiger partial charge in [-0.25, -0.2) is 0 Å². The minimum absolute atomic E-state index is 0.0242. The van der Waals surface area contributed by atoms with Crippen molar-refractivity contribution in [2.24, 2.45) is 0 Å². The molecule has 25 heavy (non-hydrogen) atoms. The van der Waals surface area contributed by atoms with Crippen LogP contribution in [0.5, 0.6) is 5.75 Å². The first-order valence-corrected chi connectivity index (χ1v) is 8.10. The van der Waals surface area contributed by atoms with Gasteiger partial charge in [-0.05, 0) is 60.5 Å². The Balaban J connectivity index is 0.000000269. The molecule has 0 saturated heterocycles. The summed E-state index contributed by atoms with van der Waals surface area (Å²) in [5, 5.41) is 0.498. The van der Waals surface area contributed by atoms with Gasteiger partial charge in [0, 0.05) is 36.8 Å². The molecule has 0 radical (unpaired) electrons. The smallest absolute Gasteiger partial charge is 0.167 e. The van der Waals surface area contributed by atoms with Gasteiger partial charge in [0.15, 0.2) is 5.78 Å². The molecular formula is C20H19ClN2O2. The van der Waals surface area contributed by atoms with Gasteiger partial charge >= 0.3 is 0 Å². The Bertz CT molecular complexity index is 808. The van der Waals surface area contributed by atoms with Crippen molar-refractivity contribution < 1.29 is 9.53 Å². The quantitative estimate of drug-likeness (QED) is 0.644. The van der Waals surface area contributed by atoms with Crippen molar-refractivity contribution in [3.8, 4) is 5.75 Å². The lowest BCUT2D eigenvalue weighted by Gasteiger charge is -2.06. The average Bonchev–Trinajstić information content (AvgIpc) is 2.64. The summed E-state index contributed by atoms with van der Waals surface area (Å²) in [4.78, 5) is 19.8. The molecule has 0 aliphatic rings. The molecule has 5 heteroatoms. The molecule has 1 aromatic carbocycles. The van der Waals surface area contributed by atoms with E-state index in [-0.39, 0.29) is 5.78 Å². The highest BCUT2D eigenvalue weighted by atomic mass is 35.5. The van der Waals surface area contributed by atoms with E-state index in [9.17, 15) is 4.79 Å². The van der Waals surface area contributed by atoms with Crippen LogP contribution in [0, 0.1) is 6.92 Å². The number of aryl methyl sites for hydroxylation is 1. The number of carbonyl (C=O) groups is 1. The van der Waals surface area contributed by atoms with Gasteiger partial charge in [0.25, 0.3) is 0 Å². The number of ketones is 1. The van der Waals surface area contributed by atoms with E-state index in [0.717, 1.165) is 5.56 Å². The zero-order valence-electron chi connectivity index (χ0n) is 14.1. The lowest BCUT2D eigenvalue weighted by atomic mass is 10.0. The molecule has 0 N–H and O–H groups in total. The molecule has 2 heterocycles. The van der Waals surface area contributed by atoms with Crippen molar-refractivity contribution in [3.05, 3.63) is 89.0 Å². The Labute approximate surface area is 152 Å². The fourth-order valence-corrected chi connectivity index (χ4v) is 2.24. The van der Waals surface area contributed by atoms with Crippen LogP contribution < -0.4 is 4.74 Å². The van der Waals surface area contributed by atoms with Gasteiger partial charge in [0.2, 0.25) is 0 Å². The predicted octanol–water partition coefficient (Wildman–Crippen LogP) is 4.56. The summed E-state index contributed by atoms with van der Waals surface area (Å²) in [6.45, 7) is 2.04. The number of rotatable bonds is 4. The molecule has 0 saturated carbocycles. The highest BCUT2D eigenvalue weighted by molar-refractivity contribution is 6.32. The maximum atomic E-state index is 12.1. The second-order valence-electron chi connectivity index (χ2n) is 5.33. The van der Waals surface area contributed by atoms with Crippen LogP contribution >= 0.6 is 11.6 Å². The average molecular weight is 355 g/mol. The number of Topliss-reactive ketones (excluding diaryl/α,β-unsaturated/α-hetero) is 1. The number of hydrogen-bond acceptors (Lipinski definition) is 4. The molecule has 0 aliphatic carbocycles. The summed E-state index contributed by atoms with van der Waals surface area (Å²) in [5.41, 5.74) is 2.78. The van der Waals surface area contributed by atoms with Crippen LogP contribution in [0.3, 0.4) is 0 Å². The Morgan fingerprint density at radius 2 is 1.60 bits per heavy atom. The van der Waals surface area contributed by atoms with E-state index in [2.05, 4.69) is 9.97 Å².